The molecule has 0 bridgehead atoms. The van der Waals surface area contributed by atoms with Crippen LogP contribution in [0.3, 0.4) is 0 Å². The smallest absolute Gasteiger partial charge is 0.255 e. The fourth-order valence-electron chi connectivity index (χ4n) is 2.90. The highest BCUT2D eigenvalue weighted by Crippen LogP contribution is 2.26. The molecule has 0 aliphatic carbocycles. The quantitative estimate of drug-likeness (QED) is 0.733. The van der Waals surface area contributed by atoms with Crippen molar-refractivity contribution in [3.8, 4) is 0 Å². The normalized spacial score (nSPS) is 16.5. The van der Waals surface area contributed by atoms with Crippen molar-refractivity contribution in [2.45, 2.75) is 50.7 Å². The highest BCUT2D eigenvalue weighted by Gasteiger charge is 2.28. The molecule has 146 valence electrons. The summed E-state index contributed by atoms with van der Waals surface area (Å²) in [6, 6.07) is 4.11. The number of sulfonamides is 1. The Morgan fingerprint density at radius 1 is 1.35 bits per heavy atom. The number of carbonyl (C=O) groups excluding carboxylic acids is 1. The molecule has 1 saturated heterocycles. The molecule has 8 heteroatoms. The summed E-state index contributed by atoms with van der Waals surface area (Å²) in [7, 11) is -2.15. The standard InChI is InChI=1S/C18H27ClN2O4S/c1-5-25-14-8-10-21(11-9-14)18(22)16-12-15(6-7-17(16)19)26(23,24)20(4)13(2)3/h6-7,12-14H,5,8-11H2,1-4H3. The molecule has 1 heterocycles. The van der Waals surface area contributed by atoms with Gasteiger partial charge >= 0.3 is 0 Å². The van der Waals surface area contributed by atoms with E-state index in [9.17, 15) is 13.2 Å². The Labute approximate surface area is 161 Å². The molecule has 2 rings (SSSR count). The summed E-state index contributed by atoms with van der Waals surface area (Å²) >= 11 is 6.20. The van der Waals surface area contributed by atoms with Gasteiger partial charge < -0.3 is 9.64 Å². The summed E-state index contributed by atoms with van der Waals surface area (Å²) in [5, 5.41) is 0.257. The second-order valence-corrected chi connectivity index (χ2v) is 9.11. The summed E-state index contributed by atoms with van der Waals surface area (Å²) in [6.45, 7) is 7.35. The van der Waals surface area contributed by atoms with Crippen LogP contribution in [0, 0.1) is 0 Å². The minimum Gasteiger partial charge on any atom is -0.378 e. The molecule has 1 aliphatic heterocycles. The van der Waals surface area contributed by atoms with Gasteiger partial charge in [0.1, 0.15) is 0 Å². The number of ether oxygens (including phenoxy) is 1. The van der Waals surface area contributed by atoms with E-state index in [0.29, 0.717) is 19.7 Å². The van der Waals surface area contributed by atoms with Crippen LogP contribution < -0.4 is 0 Å². The average Bonchev–Trinajstić information content (AvgIpc) is 2.61. The topological polar surface area (TPSA) is 66.9 Å². The lowest BCUT2D eigenvalue weighted by Gasteiger charge is -2.32. The van der Waals surface area contributed by atoms with E-state index in [1.807, 2.05) is 6.92 Å². The molecule has 0 N–H and O–H groups in total. The molecule has 0 saturated carbocycles. The summed E-state index contributed by atoms with van der Waals surface area (Å²) in [4.78, 5) is 14.6. The Balaban J connectivity index is 2.24. The van der Waals surface area contributed by atoms with Crippen LogP contribution in [-0.2, 0) is 14.8 Å². The van der Waals surface area contributed by atoms with E-state index in [-0.39, 0.29) is 33.5 Å². The number of likely N-dealkylation sites (tertiary alicyclic amines) is 1. The van der Waals surface area contributed by atoms with Gasteiger partial charge in [0.25, 0.3) is 5.91 Å². The van der Waals surface area contributed by atoms with Gasteiger partial charge in [-0.3, -0.25) is 4.79 Å². The minimum absolute atomic E-state index is 0.0747. The third-order valence-electron chi connectivity index (χ3n) is 4.70. The third kappa shape index (κ3) is 4.57. The maximum atomic E-state index is 12.9. The summed E-state index contributed by atoms with van der Waals surface area (Å²) in [5.74, 6) is -0.241. The van der Waals surface area contributed by atoms with E-state index in [2.05, 4.69) is 0 Å². The molecule has 1 aliphatic rings. The number of piperidine rings is 1. The van der Waals surface area contributed by atoms with Crippen LogP contribution in [-0.4, -0.2) is 62.4 Å². The lowest BCUT2D eigenvalue weighted by molar-refractivity contribution is 0.0146. The van der Waals surface area contributed by atoms with Crippen LogP contribution in [0.25, 0.3) is 0 Å². The number of rotatable bonds is 6. The van der Waals surface area contributed by atoms with E-state index in [0.717, 1.165) is 12.8 Å². The first-order valence-electron chi connectivity index (χ1n) is 8.87. The maximum Gasteiger partial charge on any atom is 0.255 e. The van der Waals surface area contributed by atoms with Crippen LogP contribution >= 0.6 is 11.6 Å². The SMILES string of the molecule is CCOC1CCN(C(=O)c2cc(S(=O)(=O)N(C)C(C)C)ccc2Cl)CC1. The molecule has 1 aromatic rings. The predicted molar refractivity (Wildman–Crippen MR) is 102 cm³/mol. The Hall–Kier alpha value is -1.15. The summed E-state index contributed by atoms with van der Waals surface area (Å²) in [5.41, 5.74) is 0.222. The van der Waals surface area contributed by atoms with E-state index in [4.69, 9.17) is 16.3 Å². The molecule has 0 radical (unpaired) electrons. The van der Waals surface area contributed by atoms with Crippen molar-refractivity contribution in [1.82, 2.24) is 9.21 Å². The Morgan fingerprint density at radius 2 is 1.96 bits per heavy atom. The number of nitrogens with zero attached hydrogens (tertiary/aromatic N) is 2. The first-order valence-corrected chi connectivity index (χ1v) is 10.7. The van der Waals surface area contributed by atoms with Gasteiger partial charge in [-0.1, -0.05) is 11.6 Å². The average molecular weight is 403 g/mol. The van der Waals surface area contributed by atoms with Gasteiger partial charge in [-0.05, 0) is 51.8 Å². The fraction of sp³-hybridized carbons (Fsp3) is 0.611. The molecular formula is C18H27ClN2O4S. The van der Waals surface area contributed by atoms with Crippen LogP contribution in [0.2, 0.25) is 5.02 Å². The second kappa shape index (κ2) is 8.69. The third-order valence-corrected chi connectivity index (χ3v) is 7.06. The van der Waals surface area contributed by atoms with Crippen molar-refractivity contribution < 1.29 is 17.9 Å². The van der Waals surface area contributed by atoms with Crippen molar-refractivity contribution in [1.29, 1.82) is 0 Å². The van der Waals surface area contributed by atoms with Crippen LogP contribution in [0.1, 0.15) is 44.0 Å². The molecular weight excluding hydrogens is 376 g/mol. The Kier molecular flexibility index (Phi) is 7.07. The van der Waals surface area contributed by atoms with Crippen LogP contribution in [0.5, 0.6) is 0 Å². The lowest BCUT2D eigenvalue weighted by Crippen LogP contribution is -2.41. The number of halogens is 1. The van der Waals surface area contributed by atoms with Gasteiger partial charge in [-0.2, -0.15) is 4.31 Å². The van der Waals surface area contributed by atoms with Crippen molar-refractivity contribution >= 4 is 27.5 Å². The van der Waals surface area contributed by atoms with Crippen LogP contribution in [0.15, 0.2) is 23.1 Å². The monoisotopic (exact) mass is 402 g/mol. The molecule has 0 atom stereocenters. The zero-order valence-electron chi connectivity index (χ0n) is 15.7. The van der Waals surface area contributed by atoms with Gasteiger partial charge in [-0.25, -0.2) is 8.42 Å². The second-order valence-electron chi connectivity index (χ2n) is 6.70. The first kappa shape index (κ1) is 21.2. The Bertz CT molecular complexity index is 744. The van der Waals surface area contributed by atoms with E-state index < -0.39 is 10.0 Å². The molecule has 0 aromatic heterocycles. The van der Waals surface area contributed by atoms with Gasteiger partial charge in [0, 0.05) is 32.8 Å². The number of benzene rings is 1. The highest BCUT2D eigenvalue weighted by atomic mass is 35.5. The first-order chi connectivity index (χ1) is 12.2. The molecule has 0 spiro atoms. The zero-order valence-corrected chi connectivity index (χ0v) is 17.3. The Morgan fingerprint density at radius 3 is 2.50 bits per heavy atom. The van der Waals surface area contributed by atoms with Gasteiger partial charge in [0.2, 0.25) is 10.0 Å². The number of carbonyl (C=O) groups is 1. The fourth-order valence-corrected chi connectivity index (χ4v) is 4.50. The molecule has 0 unspecified atom stereocenters. The lowest BCUT2D eigenvalue weighted by atomic mass is 10.1. The van der Waals surface area contributed by atoms with Gasteiger partial charge in [-0.15, -0.1) is 0 Å². The highest BCUT2D eigenvalue weighted by molar-refractivity contribution is 7.89. The summed E-state index contributed by atoms with van der Waals surface area (Å²) < 4.78 is 32.3. The van der Waals surface area contributed by atoms with Gasteiger partial charge in [0.05, 0.1) is 21.6 Å². The van der Waals surface area contributed by atoms with Crippen molar-refractivity contribution in [3.05, 3.63) is 28.8 Å². The van der Waals surface area contributed by atoms with E-state index >= 15 is 0 Å². The van der Waals surface area contributed by atoms with E-state index in [1.54, 1.807) is 18.7 Å². The van der Waals surface area contributed by atoms with Crippen LogP contribution in [0.4, 0.5) is 0 Å². The van der Waals surface area contributed by atoms with Crippen molar-refractivity contribution in [2.75, 3.05) is 26.7 Å². The number of hydrogen-bond donors (Lipinski definition) is 0. The molecule has 1 fully saturated rings. The number of hydrogen-bond acceptors (Lipinski definition) is 4. The maximum absolute atomic E-state index is 12.9. The zero-order chi connectivity index (χ0) is 19.5. The molecule has 26 heavy (non-hydrogen) atoms. The number of amides is 1. The largest absolute Gasteiger partial charge is 0.378 e. The summed E-state index contributed by atoms with van der Waals surface area (Å²) in [6.07, 6.45) is 1.71. The van der Waals surface area contributed by atoms with Crippen molar-refractivity contribution in [2.24, 2.45) is 0 Å². The molecule has 6 nitrogen and oxygen atoms in total. The molecule has 1 aromatic carbocycles. The molecule has 1 amide bonds. The van der Waals surface area contributed by atoms with Crippen molar-refractivity contribution in [3.63, 3.8) is 0 Å². The predicted octanol–water partition coefficient (Wildman–Crippen LogP) is 3.01. The van der Waals surface area contributed by atoms with Gasteiger partial charge in [0.15, 0.2) is 0 Å². The minimum atomic E-state index is -3.67. The van der Waals surface area contributed by atoms with E-state index in [1.165, 1.54) is 29.6 Å².